The maximum atomic E-state index is 11.4. The van der Waals surface area contributed by atoms with Crippen molar-refractivity contribution < 1.29 is 18.3 Å². The van der Waals surface area contributed by atoms with Crippen LogP contribution in [0.1, 0.15) is 12.5 Å². The molecule has 0 spiro atoms. The highest BCUT2D eigenvalue weighted by Crippen LogP contribution is 2.23. The first-order valence-corrected chi connectivity index (χ1v) is 8.68. The maximum absolute atomic E-state index is 11.4. The Morgan fingerprint density at radius 2 is 1.83 bits per heavy atom. The molecule has 0 amide bonds. The molecule has 0 aliphatic rings. The number of nitrogens with zero attached hydrogens (tertiary/aromatic N) is 1. The minimum absolute atomic E-state index is 0.0984. The van der Waals surface area contributed by atoms with Crippen LogP contribution in [0.25, 0.3) is 0 Å². The Bertz CT molecular complexity index is 828. The van der Waals surface area contributed by atoms with Crippen LogP contribution in [-0.4, -0.2) is 32.6 Å². The molecule has 23 heavy (non-hydrogen) atoms. The zero-order chi connectivity index (χ0) is 17.0. The minimum atomic E-state index is -3.22. The SMILES string of the molecule is COc1ccc(O)c(/C(C)=N/Nc2ccc(S(C)(=O)=O)cc2)c1. The van der Waals surface area contributed by atoms with Crippen molar-refractivity contribution in [3.63, 3.8) is 0 Å². The third-order valence-corrected chi connectivity index (χ3v) is 4.36. The average molecular weight is 334 g/mol. The highest BCUT2D eigenvalue weighted by molar-refractivity contribution is 7.90. The number of aromatic hydroxyl groups is 1. The molecule has 0 atom stereocenters. The molecule has 0 aliphatic heterocycles. The van der Waals surface area contributed by atoms with Crippen molar-refractivity contribution in [2.45, 2.75) is 11.8 Å². The van der Waals surface area contributed by atoms with Gasteiger partial charge in [0.15, 0.2) is 9.84 Å². The fourth-order valence-electron chi connectivity index (χ4n) is 1.92. The molecule has 0 aromatic heterocycles. The van der Waals surface area contributed by atoms with E-state index in [9.17, 15) is 13.5 Å². The standard InChI is InChI=1S/C16H18N2O4S/c1-11(15-10-13(22-2)6-9-16(15)19)17-18-12-4-7-14(8-5-12)23(3,20)21/h4-10,18-19H,1-3H3/b17-11+. The number of hydrazone groups is 1. The summed E-state index contributed by atoms with van der Waals surface area (Å²) in [7, 11) is -1.67. The number of phenolic OH excluding ortho intramolecular Hbond substituents is 1. The highest BCUT2D eigenvalue weighted by Gasteiger charge is 2.08. The lowest BCUT2D eigenvalue weighted by Gasteiger charge is -2.08. The van der Waals surface area contributed by atoms with Gasteiger partial charge in [-0.2, -0.15) is 5.10 Å². The molecule has 2 rings (SSSR count). The number of benzene rings is 2. The van der Waals surface area contributed by atoms with E-state index >= 15 is 0 Å². The first kappa shape index (κ1) is 16.8. The molecule has 0 aliphatic carbocycles. The summed E-state index contributed by atoms with van der Waals surface area (Å²) in [5.41, 5.74) is 4.58. The molecule has 7 heteroatoms. The summed E-state index contributed by atoms with van der Waals surface area (Å²) >= 11 is 0. The van der Waals surface area contributed by atoms with E-state index < -0.39 is 9.84 Å². The zero-order valence-electron chi connectivity index (χ0n) is 13.1. The van der Waals surface area contributed by atoms with Crippen LogP contribution in [0.5, 0.6) is 11.5 Å². The Morgan fingerprint density at radius 1 is 1.17 bits per heavy atom. The number of phenols is 1. The number of rotatable bonds is 5. The second kappa shape index (κ2) is 6.70. The van der Waals surface area contributed by atoms with Gasteiger partial charge in [-0.3, -0.25) is 5.43 Å². The summed E-state index contributed by atoms with van der Waals surface area (Å²) in [4.78, 5) is 0.245. The van der Waals surface area contributed by atoms with Gasteiger partial charge < -0.3 is 9.84 Å². The second-order valence-electron chi connectivity index (χ2n) is 4.99. The maximum Gasteiger partial charge on any atom is 0.175 e. The molecular formula is C16H18N2O4S. The Hall–Kier alpha value is -2.54. The molecule has 0 saturated heterocycles. The van der Waals surface area contributed by atoms with Crippen molar-refractivity contribution in [2.75, 3.05) is 18.8 Å². The lowest BCUT2D eigenvalue weighted by molar-refractivity contribution is 0.412. The van der Waals surface area contributed by atoms with Gasteiger partial charge in [0.05, 0.1) is 23.4 Å². The number of ether oxygens (including phenoxy) is 1. The molecule has 2 aromatic rings. The Kier molecular flexibility index (Phi) is 4.90. The number of sulfone groups is 1. The van der Waals surface area contributed by atoms with Crippen LogP contribution in [0.3, 0.4) is 0 Å². The highest BCUT2D eigenvalue weighted by atomic mass is 32.2. The number of hydrogen-bond donors (Lipinski definition) is 2. The summed E-state index contributed by atoms with van der Waals surface area (Å²) in [6.07, 6.45) is 1.16. The first-order valence-electron chi connectivity index (χ1n) is 6.79. The Morgan fingerprint density at radius 3 is 2.39 bits per heavy atom. The summed E-state index contributed by atoms with van der Waals surface area (Å²) in [5.74, 6) is 0.714. The molecule has 0 bridgehead atoms. The van der Waals surface area contributed by atoms with E-state index in [1.165, 1.54) is 18.2 Å². The summed E-state index contributed by atoms with van der Waals surface area (Å²) < 4.78 is 27.9. The van der Waals surface area contributed by atoms with Gasteiger partial charge in [0.25, 0.3) is 0 Å². The van der Waals surface area contributed by atoms with Crippen LogP contribution in [0, 0.1) is 0 Å². The van der Waals surface area contributed by atoms with E-state index in [0.717, 1.165) is 6.26 Å². The topological polar surface area (TPSA) is 88.0 Å². The summed E-state index contributed by atoms with van der Waals surface area (Å²) in [6, 6.07) is 11.1. The van der Waals surface area contributed by atoms with Gasteiger partial charge in [-0.25, -0.2) is 8.42 Å². The normalized spacial score (nSPS) is 12.0. The number of methoxy groups -OCH3 is 1. The number of anilines is 1. The number of nitrogens with one attached hydrogen (secondary N) is 1. The largest absolute Gasteiger partial charge is 0.507 e. The lowest BCUT2D eigenvalue weighted by atomic mass is 10.1. The van der Waals surface area contributed by atoms with Crippen LogP contribution in [0.4, 0.5) is 5.69 Å². The zero-order valence-corrected chi connectivity index (χ0v) is 13.9. The third-order valence-electron chi connectivity index (χ3n) is 3.23. The van der Waals surface area contributed by atoms with Gasteiger partial charge in [0.1, 0.15) is 11.5 Å². The monoisotopic (exact) mass is 334 g/mol. The number of hydrogen-bond acceptors (Lipinski definition) is 6. The molecular weight excluding hydrogens is 316 g/mol. The van der Waals surface area contributed by atoms with Crippen molar-refractivity contribution in [1.82, 2.24) is 0 Å². The minimum Gasteiger partial charge on any atom is -0.507 e. The van der Waals surface area contributed by atoms with Crippen LogP contribution < -0.4 is 10.2 Å². The Balaban J connectivity index is 2.19. The fraction of sp³-hybridized carbons (Fsp3) is 0.188. The second-order valence-corrected chi connectivity index (χ2v) is 7.00. The average Bonchev–Trinajstić information content (AvgIpc) is 2.52. The third kappa shape index (κ3) is 4.23. The van der Waals surface area contributed by atoms with Gasteiger partial charge in [-0.15, -0.1) is 0 Å². The van der Waals surface area contributed by atoms with Crippen molar-refractivity contribution in [2.24, 2.45) is 5.10 Å². The van der Waals surface area contributed by atoms with Crippen molar-refractivity contribution in [3.05, 3.63) is 48.0 Å². The van der Waals surface area contributed by atoms with E-state index in [-0.39, 0.29) is 10.6 Å². The molecule has 6 nitrogen and oxygen atoms in total. The van der Waals surface area contributed by atoms with Gasteiger partial charge >= 0.3 is 0 Å². The van der Waals surface area contributed by atoms with E-state index in [1.54, 1.807) is 38.3 Å². The van der Waals surface area contributed by atoms with Crippen molar-refractivity contribution in [3.8, 4) is 11.5 Å². The van der Waals surface area contributed by atoms with Gasteiger partial charge in [-0.05, 0) is 49.4 Å². The summed E-state index contributed by atoms with van der Waals surface area (Å²) in [6.45, 7) is 1.74. The van der Waals surface area contributed by atoms with Crippen LogP contribution in [-0.2, 0) is 9.84 Å². The van der Waals surface area contributed by atoms with E-state index in [0.29, 0.717) is 22.7 Å². The molecule has 2 N–H and O–H groups in total. The quantitative estimate of drug-likeness (QED) is 0.648. The molecule has 0 radical (unpaired) electrons. The molecule has 0 unspecified atom stereocenters. The predicted molar refractivity (Wildman–Crippen MR) is 90.0 cm³/mol. The van der Waals surface area contributed by atoms with E-state index in [2.05, 4.69) is 10.5 Å². The Labute approximate surface area is 135 Å². The van der Waals surface area contributed by atoms with Crippen LogP contribution in [0.15, 0.2) is 52.5 Å². The van der Waals surface area contributed by atoms with Crippen molar-refractivity contribution >= 4 is 21.2 Å². The smallest absolute Gasteiger partial charge is 0.175 e. The summed E-state index contributed by atoms with van der Waals surface area (Å²) in [5, 5.41) is 14.1. The predicted octanol–water partition coefficient (Wildman–Crippen LogP) is 2.64. The van der Waals surface area contributed by atoms with Crippen molar-refractivity contribution in [1.29, 1.82) is 0 Å². The molecule has 0 saturated carbocycles. The molecule has 122 valence electrons. The first-order chi connectivity index (χ1) is 10.8. The van der Waals surface area contributed by atoms with E-state index in [1.807, 2.05) is 0 Å². The van der Waals surface area contributed by atoms with E-state index in [4.69, 9.17) is 4.74 Å². The van der Waals surface area contributed by atoms with Gasteiger partial charge in [0, 0.05) is 11.8 Å². The fourth-order valence-corrected chi connectivity index (χ4v) is 2.55. The molecule has 2 aromatic carbocycles. The lowest BCUT2D eigenvalue weighted by Crippen LogP contribution is -2.01. The van der Waals surface area contributed by atoms with Crippen LogP contribution in [0.2, 0.25) is 0 Å². The molecule has 0 fully saturated rings. The van der Waals surface area contributed by atoms with Gasteiger partial charge in [0.2, 0.25) is 0 Å². The van der Waals surface area contributed by atoms with Gasteiger partial charge in [-0.1, -0.05) is 0 Å². The molecule has 0 heterocycles. The van der Waals surface area contributed by atoms with Crippen LogP contribution >= 0.6 is 0 Å².